The summed E-state index contributed by atoms with van der Waals surface area (Å²) in [7, 11) is 0. The smallest absolute Gasteiger partial charge is 0.263 e. The van der Waals surface area contributed by atoms with E-state index < -0.39 is 0 Å². The maximum Gasteiger partial charge on any atom is 0.263 e. The van der Waals surface area contributed by atoms with Gasteiger partial charge >= 0.3 is 0 Å². The largest absolute Gasteiger partial charge is 0.281 e. The van der Waals surface area contributed by atoms with Crippen LogP contribution in [0.25, 0.3) is 28.6 Å². The first-order chi connectivity index (χ1) is 13.3. The molecule has 0 spiro atoms. The van der Waals surface area contributed by atoms with Crippen LogP contribution in [-0.2, 0) is 6.42 Å². The van der Waals surface area contributed by atoms with E-state index in [0.717, 1.165) is 39.7 Å². The van der Waals surface area contributed by atoms with Gasteiger partial charge in [-0.3, -0.25) is 9.36 Å². The van der Waals surface area contributed by atoms with Crippen molar-refractivity contribution >= 4 is 22.9 Å². The lowest BCUT2D eigenvalue weighted by Gasteiger charge is -2.14. The molecule has 0 N–H and O–H groups in total. The summed E-state index contributed by atoms with van der Waals surface area (Å²) < 4.78 is 1.84. The van der Waals surface area contributed by atoms with Gasteiger partial charge in [-0.1, -0.05) is 85.8 Å². The number of benzene rings is 3. The molecule has 0 atom stereocenters. The molecule has 4 aromatic rings. The van der Waals surface area contributed by atoms with Gasteiger partial charge in [-0.2, -0.15) is 0 Å². The number of aromatic nitrogens is 1. The monoisotopic (exact) mass is 351 g/mol. The fourth-order valence-corrected chi connectivity index (χ4v) is 3.45. The lowest BCUT2D eigenvalue weighted by Crippen LogP contribution is -2.22. The quantitative estimate of drug-likeness (QED) is 0.431. The molecular formula is C25H21NO. The molecule has 2 heteroatoms. The van der Waals surface area contributed by atoms with Gasteiger partial charge in [0.1, 0.15) is 0 Å². The number of rotatable bonds is 4. The van der Waals surface area contributed by atoms with Gasteiger partial charge in [0.05, 0.1) is 5.39 Å². The second-order valence-corrected chi connectivity index (χ2v) is 6.52. The first-order valence-corrected chi connectivity index (χ1v) is 9.24. The summed E-state index contributed by atoms with van der Waals surface area (Å²) in [5, 5.41) is 1.74. The Bertz CT molecular complexity index is 1160. The summed E-state index contributed by atoms with van der Waals surface area (Å²) in [5.74, 6) is 0. The zero-order valence-corrected chi connectivity index (χ0v) is 15.3. The minimum Gasteiger partial charge on any atom is -0.281 e. The van der Waals surface area contributed by atoms with Crippen molar-refractivity contribution < 1.29 is 0 Å². The first-order valence-electron chi connectivity index (χ1n) is 9.24. The van der Waals surface area contributed by atoms with E-state index in [-0.39, 0.29) is 5.56 Å². The second-order valence-electron chi connectivity index (χ2n) is 6.52. The summed E-state index contributed by atoms with van der Waals surface area (Å²) in [6.45, 7) is 2.08. The highest BCUT2D eigenvalue weighted by Gasteiger charge is 2.12. The van der Waals surface area contributed by atoms with E-state index in [1.807, 2.05) is 77.4 Å². The normalized spacial score (nSPS) is 11.3. The fourth-order valence-electron chi connectivity index (χ4n) is 3.45. The molecule has 1 heterocycles. The lowest BCUT2D eigenvalue weighted by molar-refractivity contribution is 0.889. The lowest BCUT2D eigenvalue weighted by atomic mass is 10.0. The Labute approximate surface area is 159 Å². The van der Waals surface area contributed by atoms with Gasteiger partial charge in [0.15, 0.2) is 0 Å². The zero-order chi connectivity index (χ0) is 18.6. The van der Waals surface area contributed by atoms with E-state index >= 15 is 0 Å². The second kappa shape index (κ2) is 7.46. The Morgan fingerprint density at radius 1 is 0.815 bits per heavy atom. The summed E-state index contributed by atoms with van der Waals surface area (Å²) in [6, 6.07) is 28.2. The highest BCUT2D eigenvalue weighted by atomic mass is 16.1. The van der Waals surface area contributed by atoms with Crippen molar-refractivity contribution in [2.45, 2.75) is 13.3 Å². The number of fused-ring (bicyclic) bond motifs is 1. The summed E-state index contributed by atoms with van der Waals surface area (Å²) in [6.07, 6.45) is 4.87. The van der Waals surface area contributed by atoms with Gasteiger partial charge < -0.3 is 0 Å². The van der Waals surface area contributed by atoms with Crippen molar-refractivity contribution in [1.82, 2.24) is 4.57 Å². The van der Waals surface area contributed by atoms with E-state index in [1.165, 1.54) is 0 Å². The van der Waals surface area contributed by atoms with Crippen molar-refractivity contribution in [2.75, 3.05) is 0 Å². The van der Waals surface area contributed by atoms with Gasteiger partial charge in [-0.05, 0) is 41.1 Å². The topological polar surface area (TPSA) is 22.0 Å². The Morgan fingerprint density at radius 2 is 1.52 bits per heavy atom. The molecule has 132 valence electrons. The molecule has 0 aliphatic heterocycles. The van der Waals surface area contributed by atoms with Crippen molar-refractivity contribution in [1.29, 1.82) is 0 Å². The van der Waals surface area contributed by atoms with Crippen LogP contribution in [0.2, 0.25) is 0 Å². The van der Waals surface area contributed by atoms with Crippen molar-refractivity contribution in [3.8, 4) is 5.69 Å². The maximum atomic E-state index is 13.5. The molecule has 2 nitrogen and oxygen atoms in total. The number of para-hydroxylation sites is 1. The van der Waals surface area contributed by atoms with E-state index in [0.29, 0.717) is 0 Å². The first kappa shape index (κ1) is 17.0. The summed E-state index contributed by atoms with van der Waals surface area (Å²) >= 11 is 0. The highest BCUT2D eigenvalue weighted by molar-refractivity contribution is 5.92. The van der Waals surface area contributed by atoms with Crippen molar-refractivity contribution in [2.24, 2.45) is 0 Å². The van der Waals surface area contributed by atoms with Crippen LogP contribution in [0.1, 0.15) is 23.7 Å². The van der Waals surface area contributed by atoms with Crippen LogP contribution >= 0.6 is 0 Å². The number of nitrogens with zero attached hydrogens (tertiary/aromatic N) is 1. The van der Waals surface area contributed by atoms with Crippen LogP contribution in [0.4, 0.5) is 0 Å². The molecule has 1 aromatic heterocycles. The molecule has 0 radical (unpaired) electrons. The average Bonchev–Trinajstić information content (AvgIpc) is 2.73. The molecule has 0 amide bonds. The van der Waals surface area contributed by atoms with E-state index in [1.54, 1.807) is 0 Å². The minimum atomic E-state index is 0.0314. The summed E-state index contributed by atoms with van der Waals surface area (Å²) in [5.41, 5.74) is 4.01. The Balaban J connectivity index is 1.95. The van der Waals surface area contributed by atoms with Crippen molar-refractivity contribution in [3.05, 3.63) is 112 Å². The summed E-state index contributed by atoms with van der Waals surface area (Å²) in [4.78, 5) is 13.5. The molecule has 0 unspecified atom stereocenters. The molecule has 27 heavy (non-hydrogen) atoms. The molecule has 0 aliphatic rings. The van der Waals surface area contributed by atoms with Gasteiger partial charge in [0.2, 0.25) is 0 Å². The third-order valence-corrected chi connectivity index (χ3v) is 4.79. The SMILES string of the molecule is CCc1cc2cccc(/C=C/c3ccccc3)c2c(=O)n1-c1ccccc1. The number of aryl methyl sites for hydroxylation is 1. The Morgan fingerprint density at radius 3 is 2.22 bits per heavy atom. The number of pyridine rings is 1. The van der Waals surface area contributed by atoms with Crippen molar-refractivity contribution in [3.63, 3.8) is 0 Å². The van der Waals surface area contributed by atoms with Crippen LogP contribution in [0.15, 0.2) is 89.7 Å². The van der Waals surface area contributed by atoms with Crippen LogP contribution in [0.3, 0.4) is 0 Å². The van der Waals surface area contributed by atoms with Crippen LogP contribution < -0.4 is 5.56 Å². The standard InChI is InChI=1S/C25H21NO/c1-2-22-18-21-13-9-12-20(17-16-19-10-5-3-6-11-19)24(21)25(27)26(22)23-14-7-4-8-15-23/h3-18H,2H2,1H3/b17-16+. The van der Waals surface area contributed by atoms with Crippen LogP contribution in [0, 0.1) is 0 Å². The van der Waals surface area contributed by atoms with Crippen LogP contribution in [0.5, 0.6) is 0 Å². The average molecular weight is 351 g/mol. The predicted molar refractivity (Wildman–Crippen MR) is 114 cm³/mol. The molecule has 0 aliphatic carbocycles. The highest BCUT2D eigenvalue weighted by Crippen LogP contribution is 2.21. The number of hydrogen-bond acceptors (Lipinski definition) is 1. The maximum absolute atomic E-state index is 13.5. The molecule has 0 bridgehead atoms. The number of hydrogen-bond donors (Lipinski definition) is 0. The third-order valence-electron chi connectivity index (χ3n) is 4.79. The van der Waals surface area contributed by atoms with E-state index in [4.69, 9.17) is 0 Å². The molecule has 0 saturated heterocycles. The van der Waals surface area contributed by atoms with Gasteiger partial charge in [-0.25, -0.2) is 0 Å². The predicted octanol–water partition coefficient (Wildman–Crippen LogP) is 5.72. The van der Waals surface area contributed by atoms with Gasteiger partial charge in [-0.15, -0.1) is 0 Å². The molecule has 3 aromatic carbocycles. The van der Waals surface area contributed by atoms with Gasteiger partial charge in [0, 0.05) is 11.4 Å². The molecule has 0 fully saturated rings. The zero-order valence-electron chi connectivity index (χ0n) is 15.3. The minimum absolute atomic E-state index is 0.0314. The fraction of sp³-hybridized carbons (Fsp3) is 0.0800. The Hall–Kier alpha value is -3.39. The third kappa shape index (κ3) is 3.34. The van der Waals surface area contributed by atoms with E-state index in [9.17, 15) is 4.79 Å². The van der Waals surface area contributed by atoms with Crippen LogP contribution in [-0.4, -0.2) is 4.57 Å². The molecular weight excluding hydrogens is 330 g/mol. The Kier molecular flexibility index (Phi) is 4.71. The van der Waals surface area contributed by atoms with E-state index in [2.05, 4.69) is 31.2 Å². The molecule has 4 rings (SSSR count). The van der Waals surface area contributed by atoms with Gasteiger partial charge in [0.25, 0.3) is 5.56 Å². The molecule has 0 saturated carbocycles.